The van der Waals surface area contributed by atoms with Gasteiger partial charge in [-0.15, -0.1) is 0 Å². The average Bonchev–Trinajstić information content (AvgIpc) is 2.27. The molecule has 0 fully saturated rings. The molecular formula is C8H7F2N3O4. The van der Waals surface area contributed by atoms with Crippen molar-refractivity contribution < 1.29 is 23.2 Å². The first kappa shape index (κ1) is 12.7. The Balaban J connectivity index is 3.48. The molecular weight excluding hydrogens is 240 g/mol. The van der Waals surface area contributed by atoms with Crippen molar-refractivity contribution in [1.82, 2.24) is 4.98 Å². The van der Waals surface area contributed by atoms with Crippen molar-refractivity contribution in [3.63, 3.8) is 0 Å². The predicted octanol–water partition coefficient (Wildman–Crippen LogP) is 1.30. The van der Waals surface area contributed by atoms with Crippen molar-refractivity contribution in [2.75, 3.05) is 12.8 Å². The highest BCUT2D eigenvalue weighted by Gasteiger charge is 2.26. The number of hydrogen-bond acceptors (Lipinski definition) is 6. The summed E-state index contributed by atoms with van der Waals surface area (Å²) in [7, 11) is 0.977. The molecule has 0 aliphatic heterocycles. The normalized spacial score (nSPS) is 10.4. The summed E-state index contributed by atoms with van der Waals surface area (Å²) < 4.78 is 29.1. The van der Waals surface area contributed by atoms with Crippen molar-refractivity contribution in [3.8, 4) is 0 Å². The number of pyridine rings is 1. The van der Waals surface area contributed by atoms with Crippen LogP contribution in [0.4, 0.5) is 20.2 Å². The molecule has 1 aromatic rings. The Morgan fingerprint density at radius 3 is 2.65 bits per heavy atom. The van der Waals surface area contributed by atoms with Crippen molar-refractivity contribution in [2.24, 2.45) is 0 Å². The molecule has 0 aliphatic rings. The summed E-state index contributed by atoms with van der Waals surface area (Å²) in [6, 6.07) is 0.520. The zero-order valence-corrected chi connectivity index (χ0v) is 8.52. The highest BCUT2D eigenvalue weighted by atomic mass is 19.3. The Hall–Kier alpha value is -2.32. The van der Waals surface area contributed by atoms with Crippen LogP contribution in [0.3, 0.4) is 0 Å². The average molecular weight is 247 g/mol. The molecule has 1 rings (SSSR count). The molecule has 0 atom stereocenters. The fourth-order valence-corrected chi connectivity index (χ4v) is 1.08. The zero-order valence-electron chi connectivity index (χ0n) is 8.52. The molecule has 1 aromatic heterocycles. The number of rotatable bonds is 3. The van der Waals surface area contributed by atoms with Crippen LogP contribution in [0.2, 0.25) is 0 Å². The van der Waals surface area contributed by atoms with E-state index in [-0.39, 0.29) is 0 Å². The Morgan fingerprint density at radius 2 is 2.24 bits per heavy atom. The van der Waals surface area contributed by atoms with Crippen LogP contribution in [0.1, 0.15) is 22.6 Å². The third kappa shape index (κ3) is 2.44. The maximum atomic E-state index is 12.4. The number of carbonyl (C=O) groups is 1. The van der Waals surface area contributed by atoms with E-state index < -0.39 is 40.1 Å². The smallest absolute Gasteiger partial charge is 0.359 e. The fraction of sp³-hybridized carbons (Fsp3) is 0.250. The number of alkyl halides is 2. The number of nitrogens with two attached hydrogens (primary N) is 1. The third-order valence-corrected chi connectivity index (χ3v) is 1.86. The first-order valence-corrected chi connectivity index (χ1v) is 4.19. The van der Waals surface area contributed by atoms with Gasteiger partial charge in [-0.2, -0.15) is 0 Å². The summed E-state index contributed by atoms with van der Waals surface area (Å²) in [6.45, 7) is 0. The second-order valence-electron chi connectivity index (χ2n) is 2.88. The maximum absolute atomic E-state index is 12.4. The first-order chi connectivity index (χ1) is 7.88. The summed E-state index contributed by atoms with van der Waals surface area (Å²) in [5, 5.41) is 10.6. The summed E-state index contributed by atoms with van der Waals surface area (Å²) in [4.78, 5) is 24.0. The van der Waals surface area contributed by atoms with Crippen LogP contribution in [0, 0.1) is 10.1 Å². The number of nitrogens with zero attached hydrogens (tertiary/aromatic N) is 2. The highest BCUT2D eigenvalue weighted by Crippen LogP contribution is 2.29. The minimum Gasteiger partial charge on any atom is -0.464 e. The zero-order chi connectivity index (χ0) is 13.2. The number of nitro groups is 1. The van der Waals surface area contributed by atoms with Gasteiger partial charge in [0.25, 0.3) is 12.1 Å². The van der Waals surface area contributed by atoms with Gasteiger partial charge in [0.05, 0.1) is 12.0 Å². The monoisotopic (exact) mass is 247 g/mol. The lowest BCUT2D eigenvalue weighted by atomic mass is 10.2. The van der Waals surface area contributed by atoms with Crippen molar-refractivity contribution in [1.29, 1.82) is 0 Å². The number of esters is 1. The lowest BCUT2D eigenvalue weighted by Gasteiger charge is -2.06. The number of halogens is 2. The van der Waals surface area contributed by atoms with E-state index in [1.54, 1.807) is 0 Å². The second kappa shape index (κ2) is 4.68. The largest absolute Gasteiger partial charge is 0.464 e. The molecule has 9 heteroatoms. The number of aromatic nitrogens is 1. The van der Waals surface area contributed by atoms with Gasteiger partial charge in [0.1, 0.15) is 11.4 Å². The van der Waals surface area contributed by atoms with E-state index in [9.17, 15) is 23.7 Å². The molecule has 7 nitrogen and oxygen atoms in total. The van der Waals surface area contributed by atoms with E-state index in [0.717, 1.165) is 7.11 Å². The van der Waals surface area contributed by atoms with Gasteiger partial charge >= 0.3 is 5.97 Å². The van der Waals surface area contributed by atoms with Gasteiger partial charge in [0, 0.05) is 6.07 Å². The van der Waals surface area contributed by atoms with Crippen LogP contribution in [-0.2, 0) is 4.74 Å². The molecule has 0 unspecified atom stereocenters. The summed E-state index contributed by atoms with van der Waals surface area (Å²) in [5.41, 5.74) is 2.26. The summed E-state index contributed by atoms with van der Waals surface area (Å²) >= 11 is 0. The number of hydrogen-bond donors (Lipinski definition) is 1. The van der Waals surface area contributed by atoms with Crippen molar-refractivity contribution >= 4 is 17.3 Å². The van der Waals surface area contributed by atoms with E-state index in [2.05, 4.69) is 9.72 Å². The molecule has 1 heterocycles. The van der Waals surface area contributed by atoms with Gasteiger partial charge in [-0.05, 0) is 0 Å². The Bertz CT molecular complexity index is 478. The van der Waals surface area contributed by atoms with Gasteiger partial charge in [-0.1, -0.05) is 0 Å². The fourth-order valence-electron chi connectivity index (χ4n) is 1.08. The van der Waals surface area contributed by atoms with E-state index in [1.165, 1.54) is 0 Å². The van der Waals surface area contributed by atoms with Gasteiger partial charge in [-0.25, -0.2) is 18.6 Å². The van der Waals surface area contributed by atoms with Gasteiger partial charge in [0.2, 0.25) is 0 Å². The number of ether oxygens (including phenoxy) is 1. The predicted molar refractivity (Wildman–Crippen MR) is 51.6 cm³/mol. The summed E-state index contributed by atoms with van der Waals surface area (Å²) in [5.74, 6) is -1.12. The van der Waals surface area contributed by atoms with Crippen LogP contribution in [0.5, 0.6) is 0 Å². The molecule has 92 valence electrons. The highest BCUT2D eigenvalue weighted by molar-refractivity contribution is 5.95. The lowest BCUT2D eigenvalue weighted by molar-refractivity contribution is -0.384. The van der Waals surface area contributed by atoms with Crippen LogP contribution in [0.15, 0.2) is 6.07 Å². The SMILES string of the molecule is COC(=O)c1nc(C(F)F)cc([N+](=O)[O-])c1N. The van der Waals surface area contributed by atoms with Crippen molar-refractivity contribution in [2.45, 2.75) is 6.43 Å². The standard InChI is InChI=1S/C8H7F2N3O4/c1-17-8(14)6-5(11)4(13(15)16)2-3(12-6)7(9)10/h2,7H,11H2,1H3. The number of nitrogen functional groups attached to an aromatic ring is 1. The van der Waals surface area contributed by atoms with E-state index in [4.69, 9.17) is 5.73 Å². The van der Waals surface area contributed by atoms with E-state index >= 15 is 0 Å². The van der Waals surface area contributed by atoms with E-state index in [0.29, 0.717) is 6.07 Å². The topological polar surface area (TPSA) is 108 Å². The second-order valence-corrected chi connectivity index (χ2v) is 2.88. The lowest BCUT2D eigenvalue weighted by Crippen LogP contribution is -2.12. The third-order valence-electron chi connectivity index (χ3n) is 1.86. The molecule has 0 aliphatic carbocycles. The van der Waals surface area contributed by atoms with Gasteiger partial charge < -0.3 is 10.5 Å². The van der Waals surface area contributed by atoms with E-state index in [1.807, 2.05) is 0 Å². The van der Waals surface area contributed by atoms with Gasteiger partial charge in [0.15, 0.2) is 5.69 Å². The van der Waals surface area contributed by atoms with Crippen LogP contribution < -0.4 is 5.73 Å². The van der Waals surface area contributed by atoms with Crippen LogP contribution in [-0.4, -0.2) is 23.0 Å². The molecule has 0 aromatic carbocycles. The van der Waals surface area contributed by atoms with Crippen molar-refractivity contribution in [3.05, 3.63) is 27.6 Å². The van der Waals surface area contributed by atoms with Crippen LogP contribution >= 0.6 is 0 Å². The minimum atomic E-state index is -3.06. The molecule has 0 saturated carbocycles. The minimum absolute atomic E-state index is 0.520. The maximum Gasteiger partial charge on any atom is 0.359 e. The number of anilines is 1. The Labute approximate surface area is 93.3 Å². The quantitative estimate of drug-likeness (QED) is 0.489. The number of methoxy groups -OCH3 is 1. The molecule has 0 saturated heterocycles. The number of carbonyl (C=O) groups excluding carboxylic acids is 1. The molecule has 0 spiro atoms. The van der Waals surface area contributed by atoms with Gasteiger partial charge in [-0.3, -0.25) is 10.1 Å². The Kier molecular flexibility index (Phi) is 3.51. The molecule has 2 N–H and O–H groups in total. The molecule has 0 bridgehead atoms. The van der Waals surface area contributed by atoms with Crippen LogP contribution in [0.25, 0.3) is 0 Å². The molecule has 0 radical (unpaired) electrons. The molecule has 17 heavy (non-hydrogen) atoms. The summed E-state index contributed by atoms with van der Waals surface area (Å²) in [6.07, 6.45) is -3.06. The first-order valence-electron chi connectivity index (χ1n) is 4.19. The Morgan fingerprint density at radius 1 is 1.65 bits per heavy atom. The molecule has 0 amide bonds.